The van der Waals surface area contributed by atoms with E-state index < -0.39 is 0 Å². The Labute approximate surface area is 168 Å². The Morgan fingerprint density at radius 2 is 2.14 bits per heavy atom. The molecule has 0 radical (unpaired) electrons. The molecule has 3 rings (SSSR count). The third-order valence-corrected chi connectivity index (χ3v) is 5.18. The molecule has 1 aromatic carbocycles. The standard InChI is InChI=1S/C21H33N7/c1-5-22-21(25-19-12-9-13-28-20(19)24-17(3)26-28)23-14-16(2)27(4)15-18-10-7-6-8-11-18/h6-8,10-11,16,19H,5,9,12-15H2,1-4H3,(H2,22,23,25). The van der Waals surface area contributed by atoms with Gasteiger partial charge in [-0.15, -0.1) is 0 Å². The topological polar surface area (TPSA) is 70.4 Å². The summed E-state index contributed by atoms with van der Waals surface area (Å²) in [6.07, 6.45) is 2.15. The zero-order chi connectivity index (χ0) is 19.9. The highest BCUT2D eigenvalue weighted by molar-refractivity contribution is 5.80. The molecule has 2 heterocycles. The summed E-state index contributed by atoms with van der Waals surface area (Å²) in [6, 6.07) is 11.1. The number of aryl methyl sites for hydroxylation is 2. The van der Waals surface area contributed by atoms with Gasteiger partial charge in [-0.2, -0.15) is 5.10 Å². The summed E-state index contributed by atoms with van der Waals surface area (Å²) in [5.41, 5.74) is 1.32. The number of nitrogens with one attached hydrogen (secondary N) is 2. The number of aromatic nitrogens is 3. The lowest BCUT2D eigenvalue weighted by molar-refractivity contribution is 0.255. The minimum absolute atomic E-state index is 0.158. The van der Waals surface area contributed by atoms with Crippen LogP contribution in [0.25, 0.3) is 0 Å². The number of benzene rings is 1. The van der Waals surface area contributed by atoms with Crippen molar-refractivity contribution in [1.82, 2.24) is 30.3 Å². The molecular weight excluding hydrogens is 350 g/mol. The molecule has 1 aliphatic rings. The molecule has 7 nitrogen and oxygen atoms in total. The Hall–Kier alpha value is -2.41. The average Bonchev–Trinajstić information content (AvgIpc) is 3.08. The van der Waals surface area contributed by atoms with Crippen LogP contribution in [0.4, 0.5) is 0 Å². The van der Waals surface area contributed by atoms with Gasteiger partial charge in [0.25, 0.3) is 0 Å². The number of likely N-dealkylation sites (N-methyl/N-ethyl adjacent to an activating group) is 1. The Kier molecular flexibility index (Phi) is 7.03. The first-order valence-electron chi connectivity index (χ1n) is 10.3. The Bertz CT molecular complexity index is 768. The number of hydrogen-bond donors (Lipinski definition) is 2. The maximum Gasteiger partial charge on any atom is 0.191 e. The second-order valence-electron chi connectivity index (χ2n) is 7.55. The van der Waals surface area contributed by atoms with Crippen molar-refractivity contribution < 1.29 is 0 Å². The first-order chi connectivity index (χ1) is 13.6. The van der Waals surface area contributed by atoms with E-state index in [0.29, 0.717) is 6.04 Å². The molecule has 0 spiro atoms. The highest BCUT2D eigenvalue weighted by Gasteiger charge is 2.24. The molecule has 0 aliphatic carbocycles. The van der Waals surface area contributed by atoms with Gasteiger partial charge in [0.05, 0.1) is 12.6 Å². The summed E-state index contributed by atoms with van der Waals surface area (Å²) in [5.74, 6) is 2.70. The van der Waals surface area contributed by atoms with Gasteiger partial charge in [-0.25, -0.2) is 9.67 Å². The van der Waals surface area contributed by atoms with Gasteiger partial charge >= 0.3 is 0 Å². The van der Waals surface area contributed by atoms with Gasteiger partial charge in [-0.1, -0.05) is 30.3 Å². The summed E-state index contributed by atoms with van der Waals surface area (Å²) in [6.45, 7) is 9.70. The number of aliphatic imine (C=N–C) groups is 1. The maximum atomic E-state index is 4.85. The predicted molar refractivity (Wildman–Crippen MR) is 113 cm³/mol. The number of hydrogen-bond acceptors (Lipinski definition) is 4. The molecule has 28 heavy (non-hydrogen) atoms. The van der Waals surface area contributed by atoms with Crippen molar-refractivity contribution in [2.45, 2.75) is 58.8 Å². The van der Waals surface area contributed by atoms with Crippen LogP contribution < -0.4 is 10.6 Å². The van der Waals surface area contributed by atoms with E-state index in [1.165, 1.54) is 5.56 Å². The van der Waals surface area contributed by atoms with Gasteiger partial charge in [-0.05, 0) is 46.2 Å². The zero-order valence-corrected chi connectivity index (χ0v) is 17.5. The van der Waals surface area contributed by atoms with Gasteiger partial charge in [0.1, 0.15) is 11.6 Å². The maximum absolute atomic E-state index is 4.85. The third-order valence-electron chi connectivity index (χ3n) is 5.18. The van der Waals surface area contributed by atoms with Gasteiger partial charge < -0.3 is 10.6 Å². The minimum Gasteiger partial charge on any atom is -0.357 e. The molecular formula is C21H33N7. The van der Waals surface area contributed by atoms with Crippen LogP contribution in [0.15, 0.2) is 35.3 Å². The van der Waals surface area contributed by atoms with Crippen LogP contribution in [0.2, 0.25) is 0 Å². The summed E-state index contributed by atoms with van der Waals surface area (Å²) in [5, 5.41) is 11.4. The highest BCUT2D eigenvalue weighted by atomic mass is 15.4. The van der Waals surface area contributed by atoms with Crippen molar-refractivity contribution >= 4 is 5.96 Å². The van der Waals surface area contributed by atoms with Crippen molar-refractivity contribution in [3.05, 3.63) is 47.5 Å². The predicted octanol–water partition coefficient (Wildman–Crippen LogP) is 2.50. The van der Waals surface area contributed by atoms with E-state index in [1.807, 2.05) is 11.6 Å². The molecule has 152 valence electrons. The number of rotatable bonds is 7. The lowest BCUT2D eigenvalue weighted by Gasteiger charge is -2.26. The second-order valence-corrected chi connectivity index (χ2v) is 7.55. The molecule has 0 amide bonds. The van der Waals surface area contributed by atoms with Crippen LogP contribution in [0, 0.1) is 6.92 Å². The fourth-order valence-electron chi connectivity index (χ4n) is 3.48. The zero-order valence-electron chi connectivity index (χ0n) is 17.5. The van der Waals surface area contributed by atoms with Crippen molar-refractivity contribution in [3.8, 4) is 0 Å². The lowest BCUT2D eigenvalue weighted by atomic mass is 10.1. The molecule has 0 saturated heterocycles. The van der Waals surface area contributed by atoms with Gasteiger partial charge in [0.15, 0.2) is 5.96 Å². The molecule has 1 aromatic heterocycles. The van der Waals surface area contributed by atoms with Gasteiger partial charge in [-0.3, -0.25) is 9.89 Å². The fraction of sp³-hybridized carbons (Fsp3) is 0.571. The molecule has 0 saturated carbocycles. The van der Waals surface area contributed by atoms with E-state index in [9.17, 15) is 0 Å². The molecule has 0 fully saturated rings. The van der Waals surface area contributed by atoms with E-state index in [0.717, 1.165) is 56.6 Å². The first-order valence-corrected chi connectivity index (χ1v) is 10.3. The van der Waals surface area contributed by atoms with Crippen LogP contribution >= 0.6 is 0 Å². The third kappa shape index (κ3) is 5.32. The molecule has 2 atom stereocenters. The smallest absolute Gasteiger partial charge is 0.191 e. The average molecular weight is 384 g/mol. The molecule has 2 N–H and O–H groups in total. The van der Waals surface area contributed by atoms with Crippen LogP contribution in [-0.4, -0.2) is 51.8 Å². The number of nitrogens with zero attached hydrogens (tertiary/aromatic N) is 5. The fourth-order valence-corrected chi connectivity index (χ4v) is 3.48. The van der Waals surface area contributed by atoms with Crippen molar-refractivity contribution in [3.63, 3.8) is 0 Å². The van der Waals surface area contributed by atoms with Crippen LogP contribution in [0.3, 0.4) is 0 Å². The van der Waals surface area contributed by atoms with E-state index in [2.05, 4.69) is 76.8 Å². The Morgan fingerprint density at radius 3 is 2.89 bits per heavy atom. The summed E-state index contributed by atoms with van der Waals surface area (Å²) in [7, 11) is 2.15. The molecule has 1 aliphatic heterocycles. The number of fused-ring (bicyclic) bond motifs is 1. The van der Waals surface area contributed by atoms with E-state index >= 15 is 0 Å². The molecule has 0 bridgehead atoms. The Balaban J connectivity index is 1.61. The monoisotopic (exact) mass is 383 g/mol. The van der Waals surface area contributed by atoms with Gasteiger partial charge in [0, 0.05) is 25.7 Å². The molecule has 2 aromatic rings. The first kappa shape index (κ1) is 20.3. The van der Waals surface area contributed by atoms with Crippen LogP contribution in [0.1, 0.15) is 49.9 Å². The van der Waals surface area contributed by atoms with Crippen molar-refractivity contribution in [2.75, 3.05) is 20.1 Å². The second kappa shape index (κ2) is 9.68. The number of guanidine groups is 1. The van der Waals surface area contributed by atoms with E-state index in [-0.39, 0.29) is 6.04 Å². The Morgan fingerprint density at radius 1 is 1.36 bits per heavy atom. The van der Waals surface area contributed by atoms with Crippen LogP contribution in [-0.2, 0) is 13.1 Å². The quantitative estimate of drug-likeness (QED) is 0.568. The summed E-state index contributed by atoms with van der Waals surface area (Å²) >= 11 is 0. The van der Waals surface area contributed by atoms with E-state index in [4.69, 9.17) is 4.99 Å². The molecule has 7 heteroatoms. The largest absolute Gasteiger partial charge is 0.357 e. The van der Waals surface area contributed by atoms with Crippen molar-refractivity contribution in [1.29, 1.82) is 0 Å². The summed E-state index contributed by atoms with van der Waals surface area (Å²) in [4.78, 5) is 11.8. The lowest BCUT2D eigenvalue weighted by Crippen LogP contribution is -2.42. The SMILES string of the molecule is CCNC(=NCC(C)N(C)Cc1ccccc1)NC1CCCn2nc(C)nc21. The van der Waals surface area contributed by atoms with Crippen molar-refractivity contribution in [2.24, 2.45) is 4.99 Å². The molecule has 2 unspecified atom stereocenters. The summed E-state index contributed by atoms with van der Waals surface area (Å²) < 4.78 is 2.02. The van der Waals surface area contributed by atoms with E-state index in [1.54, 1.807) is 0 Å². The van der Waals surface area contributed by atoms with Gasteiger partial charge in [0.2, 0.25) is 0 Å². The highest BCUT2D eigenvalue weighted by Crippen LogP contribution is 2.22. The normalized spacial score (nSPS) is 18.0. The van der Waals surface area contributed by atoms with Crippen LogP contribution in [0.5, 0.6) is 0 Å². The minimum atomic E-state index is 0.158.